The number of nitrogens with zero attached hydrogens (tertiary/aromatic N) is 1. The molecule has 29 heavy (non-hydrogen) atoms. The van der Waals surface area contributed by atoms with Crippen molar-refractivity contribution in [3.8, 4) is 5.75 Å². The van der Waals surface area contributed by atoms with Crippen LogP contribution in [-0.2, 0) is 16.1 Å². The van der Waals surface area contributed by atoms with E-state index in [1.165, 1.54) is 4.57 Å². The van der Waals surface area contributed by atoms with Crippen LogP contribution in [0.25, 0.3) is 10.9 Å². The molecule has 0 bridgehead atoms. The molecule has 0 saturated heterocycles. The second-order valence-corrected chi connectivity index (χ2v) is 6.38. The number of aromatic nitrogens is 2. The first-order valence-corrected chi connectivity index (χ1v) is 8.93. The first kappa shape index (κ1) is 19.9. The van der Waals surface area contributed by atoms with Gasteiger partial charge in [0.05, 0.1) is 10.9 Å². The highest BCUT2D eigenvalue weighted by Gasteiger charge is 2.10. The fraction of sp³-hybridized carbons (Fsp3) is 0.200. The molecule has 0 aliphatic heterocycles. The molecule has 0 aliphatic rings. The van der Waals surface area contributed by atoms with Crippen LogP contribution < -0.4 is 26.8 Å². The van der Waals surface area contributed by atoms with Crippen LogP contribution in [0.15, 0.2) is 58.1 Å². The van der Waals surface area contributed by atoms with Gasteiger partial charge in [-0.1, -0.05) is 24.3 Å². The van der Waals surface area contributed by atoms with E-state index in [4.69, 9.17) is 4.74 Å². The summed E-state index contributed by atoms with van der Waals surface area (Å²) in [5, 5.41) is 0.356. The molecule has 9 heteroatoms. The summed E-state index contributed by atoms with van der Waals surface area (Å²) in [6.07, 6.45) is -0.0744. The molecule has 150 valence electrons. The summed E-state index contributed by atoms with van der Waals surface area (Å²) < 4.78 is 6.65. The molecule has 0 fully saturated rings. The second-order valence-electron chi connectivity index (χ2n) is 6.38. The van der Waals surface area contributed by atoms with Crippen molar-refractivity contribution in [3.63, 3.8) is 0 Å². The molecule has 1 heterocycles. The summed E-state index contributed by atoms with van der Waals surface area (Å²) in [4.78, 5) is 49.9. The molecule has 9 nitrogen and oxygen atoms in total. The summed E-state index contributed by atoms with van der Waals surface area (Å²) in [7, 11) is 0. The molecule has 3 rings (SSSR count). The van der Waals surface area contributed by atoms with E-state index in [2.05, 4.69) is 15.8 Å². The number of carbonyl (C=O) groups excluding carboxylic acids is 2. The zero-order valence-electron chi connectivity index (χ0n) is 15.7. The number of H-pyrrole nitrogens is 1. The third kappa shape index (κ3) is 5.10. The number of hydrogen-bond acceptors (Lipinski definition) is 5. The van der Waals surface area contributed by atoms with Crippen LogP contribution in [0.3, 0.4) is 0 Å². The highest BCUT2D eigenvalue weighted by molar-refractivity contribution is 5.83. The van der Waals surface area contributed by atoms with Crippen LogP contribution >= 0.6 is 0 Å². The number of hydrogen-bond donors (Lipinski definition) is 3. The van der Waals surface area contributed by atoms with Crippen molar-refractivity contribution in [2.24, 2.45) is 0 Å². The average Bonchev–Trinajstić information content (AvgIpc) is 2.70. The lowest BCUT2D eigenvalue weighted by Crippen LogP contribution is -2.44. The number of carbonyl (C=O) groups is 2. The molecular weight excluding hydrogens is 376 g/mol. The number of rotatable bonds is 6. The first-order valence-electron chi connectivity index (χ1n) is 8.93. The lowest BCUT2D eigenvalue weighted by atomic mass is 10.2. The van der Waals surface area contributed by atoms with E-state index in [1.807, 2.05) is 19.1 Å². The van der Waals surface area contributed by atoms with Crippen LogP contribution in [0.4, 0.5) is 0 Å². The fourth-order valence-electron chi connectivity index (χ4n) is 2.77. The molecule has 0 spiro atoms. The fourth-order valence-corrected chi connectivity index (χ4v) is 2.77. The van der Waals surface area contributed by atoms with Gasteiger partial charge in [0.1, 0.15) is 5.75 Å². The maximum atomic E-state index is 12.1. The number of aromatic amines is 1. The zero-order chi connectivity index (χ0) is 20.8. The Kier molecular flexibility index (Phi) is 6.08. The molecule has 2 amide bonds. The molecule has 3 aromatic rings. The Balaban J connectivity index is 1.52. The van der Waals surface area contributed by atoms with Crippen LogP contribution in [0.2, 0.25) is 0 Å². The highest BCUT2D eigenvalue weighted by Crippen LogP contribution is 2.11. The summed E-state index contributed by atoms with van der Waals surface area (Å²) in [5.74, 6) is -0.460. The van der Waals surface area contributed by atoms with Crippen molar-refractivity contribution in [3.05, 3.63) is 74.9 Å². The number of benzene rings is 2. The van der Waals surface area contributed by atoms with Crippen LogP contribution in [-0.4, -0.2) is 28.0 Å². The molecule has 1 aromatic heterocycles. The van der Waals surface area contributed by atoms with E-state index in [0.717, 1.165) is 5.56 Å². The number of aryl methyl sites for hydroxylation is 2. The molecule has 0 aliphatic carbocycles. The highest BCUT2D eigenvalue weighted by atomic mass is 16.5. The van der Waals surface area contributed by atoms with Gasteiger partial charge in [0.15, 0.2) is 6.61 Å². The lowest BCUT2D eigenvalue weighted by Gasteiger charge is -2.11. The van der Waals surface area contributed by atoms with Gasteiger partial charge in [-0.25, -0.2) is 4.79 Å². The SMILES string of the molecule is Cc1cccc(OCC(=O)NNC(=O)CCn2c(=O)[nH]c(=O)c3ccccc32)c1. The van der Waals surface area contributed by atoms with Crippen molar-refractivity contribution in [1.29, 1.82) is 0 Å². The summed E-state index contributed by atoms with van der Waals surface area (Å²) in [5.41, 5.74) is 4.89. The molecule has 3 N–H and O–H groups in total. The smallest absolute Gasteiger partial charge is 0.328 e. The van der Waals surface area contributed by atoms with Gasteiger partial charge in [0.25, 0.3) is 11.5 Å². The van der Waals surface area contributed by atoms with Crippen LogP contribution in [0, 0.1) is 6.92 Å². The van der Waals surface area contributed by atoms with Gasteiger partial charge in [-0.3, -0.25) is 34.8 Å². The molecular formula is C20H20N4O5. The van der Waals surface area contributed by atoms with E-state index in [-0.39, 0.29) is 19.6 Å². The van der Waals surface area contributed by atoms with Gasteiger partial charge in [-0.2, -0.15) is 0 Å². The van der Waals surface area contributed by atoms with Crippen molar-refractivity contribution in [2.75, 3.05) is 6.61 Å². The number of para-hydroxylation sites is 1. The third-order valence-corrected chi connectivity index (χ3v) is 4.17. The van der Waals surface area contributed by atoms with E-state index < -0.39 is 23.1 Å². The normalized spacial score (nSPS) is 10.5. The molecule has 2 aromatic carbocycles. The molecule has 0 saturated carbocycles. The van der Waals surface area contributed by atoms with E-state index in [1.54, 1.807) is 36.4 Å². The topological polar surface area (TPSA) is 122 Å². The largest absolute Gasteiger partial charge is 0.484 e. The maximum absolute atomic E-state index is 12.1. The predicted octanol–water partition coefficient (Wildman–Crippen LogP) is 0.615. The molecule has 0 radical (unpaired) electrons. The van der Waals surface area contributed by atoms with E-state index >= 15 is 0 Å². The Morgan fingerprint density at radius 2 is 1.79 bits per heavy atom. The van der Waals surface area contributed by atoms with Gasteiger partial charge in [0.2, 0.25) is 5.91 Å². The van der Waals surface area contributed by atoms with Crippen LogP contribution in [0.5, 0.6) is 5.75 Å². The van der Waals surface area contributed by atoms with Crippen molar-refractivity contribution in [1.82, 2.24) is 20.4 Å². The lowest BCUT2D eigenvalue weighted by molar-refractivity contribution is -0.130. The number of nitrogens with one attached hydrogen (secondary N) is 3. The van der Waals surface area contributed by atoms with Crippen molar-refractivity contribution in [2.45, 2.75) is 19.9 Å². The number of hydrazine groups is 1. The number of amides is 2. The molecule has 0 atom stereocenters. The van der Waals surface area contributed by atoms with E-state index in [9.17, 15) is 19.2 Å². The van der Waals surface area contributed by atoms with E-state index in [0.29, 0.717) is 16.7 Å². The zero-order valence-corrected chi connectivity index (χ0v) is 15.7. The van der Waals surface area contributed by atoms with Crippen LogP contribution in [0.1, 0.15) is 12.0 Å². The van der Waals surface area contributed by atoms with Gasteiger partial charge in [-0.15, -0.1) is 0 Å². The Hall–Kier alpha value is -3.88. The van der Waals surface area contributed by atoms with Gasteiger partial charge in [0, 0.05) is 13.0 Å². The van der Waals surface area contributed by atoms with Gasteiger partial charge < -0.3 is 4.74 Å². The number of ether oxygens (including phenoxy) is 1. The Labute approximate surface area is 165 Å². The molecule has 0 unspecified atom stereocenters. The Morgan fingerprint density at radius 3 is 2.59 bits per heavy atom. The second kappa shape index (κ2) is 8.87. The minimum atomic E-state index is -0.600. The summed E-state index contributed by atoms with van der Waals surface area (Å²) in [6, 6.07) is 13.9. The van der Waals surface area contributed by atoms with Gasteiger partial charge >= 0.3 is 5.69 Å². The minimum absolute atomic E-state index is 0.0393. The maximum Gasteiger partial charge on any atom is 0.328 e. The average molecular weight is 396 g/mol. The standard InChI is InChI=1S/C20H20N4O5/c1-13-5-4-6-14(11-13)29-12-18(26)23-22-17(25)9-10-24-16-8-3-2-7-15(16)19(27)21-20(24)28/h2-8,11H,9-10,12H2,1H3,(H,22,25)(H,23,26)(H,21,27,28). The first-order chi connectivity index (χ1) is 13.9. The number of fused-ring (bicyclic) bond motifs is 1. The Bertz CT molecular complexity index is 1170. The Morgan fingerprint density at radius 1 is 1.03 bits per heavy atom. The summed E-state index contributed by atoms with van der Waals surface area (Å²) >= 11 is 0. The minimum Gasteiger partial charge on any atom is -0.484 e. The van der Waals surface area contributed by atoms with Gasteiger partial charge in [-0.05, 0) is 36.8 Å². The monoisotopic (exact) mass is 396 g/mol. The van der Waals surface area contributed by atoms with Crippen molar-refractivity contribution < 1.29 is 14.3 Å². The quantitative estimate of drug-likeness (QED) is 0.527. The van der Waals surface area contributed by atoms with Crippen molar-refractivity contribution >= 4 is 22.7 Å². The predicted molar refractivity (Wildman–Crippen MR) is 106 cm³/mol. The third-order valence-electron chi connectivity index (χ3n) is 4.17. The summed E-state index contributed by atoms with van der Waals surface area (Å²) in [6.45, 7) is 1.69.